The Morgan fingerprint density at radius 2 is 2.27 bits per heavy atom. The van der Waals surface area contributed by atoms with Crippen molar-refractivity contribution in [3.05, 3.63) is 54.1 Å². The van der Waals surface area contributed by atoms with Gasteiger partial charge in [-0.25, -0.2) is 4.39 Å². The third-order valence-electron chi connectivity index (χ3n) is 4.83. The number of guanidine groups is 1. The number of likely N-dealkylation sites (tertiary alicyclic amines) is 1. The van der Waals surface area contributed by atoms with E-state index < -0.39 is 5.82 Å². The van der Waals surface area contributed by atoms with Gasteiger partial charge < -0.3 is 20.7 Å². The lowest BCUT2D eigenvalue weighted by atomic mass is 9.95. The molecule has 2 heterocycles. The van der Waals surface area contributed by atoms with Crippen molar-refractivity contribution in [3.8, 4) is 11.5 Å². The van der Waals surface area contributed by atoms with Crippen LogP contribution in [-0.2, 0) is 11.3 Å². The number of nitrogens with zero attached hydrogens (tertiary/aromatic N) is 3. The second kappa shape index (κ2) is 11.7. The number of pyridine rings is 1. The molecule has 2 aromatic rings. The van der Waals surface area contributed by atoms with Crippen molar-refractivity contribution in [3.63, 3.8) is 0 Å². The number of carbonyl (C=O) groups excluding carboxylic acids is 1. The molecule has 1 unspecified atom stereocenters. The molecule has 3 N–H and O–H groups in total. The number of nitrogens with two attached hydrogens (primary N) is 1. The summed E-state index contributed by atoms with van der Waals surface area (Å²) in [6, 6.07) is 8.30. The normalized spacial score (nSPS) is 16.5. The summed E-state index contributed by atoms with van der Waals surface area (Å²) >= 11 is 0. The molecule has 0 spiro atoms. The van der Waals surface area contributed by atoms with Crippen LogP contribution in [0.5, 0.6) is 11.5 Å². The van der Waals surface area contributed by atoms with Gasteiger partial charge in [0.1, 0.15) is 5.75 Å². The minimum Gasteiger partial charge on any atom is -0.453 e. The standard InChI is InChI=1S/C21H26FN5O2.HI/c1-24-21(27-9-3-4-16(14-27)11-20(23)28)26-12-15-6-7-19(18(22)10-15)29-17-5-2-8-25-13-17;/h2,5-8,10,13,16H,3-4,9,11-12,14H2,1H3,(H2,23,28)(H,24,26);1H. The Kier molecular flexibility index (Phi) is 9.28. The highest BCUT2D eigenvalue weighted by Gasteiger charge is 2.23. The minimum absolute atomic E-state index is 0. The number of aromatic nitrogens is 1. The lowest BCUT2D eigenvalue weighted by Gasteiger charge is -2.34. The quantitative estimate of drug-likeness (QED) is 0.342. The molecule has 1 atom stereocenters. The summed E-state index contributed by atoms with van der Waals surface area (Å²) in [7, 11) is 1.71. The van der Waals surface area contributed by atoms with Gasteiger partial charge in [-0.15, -0.1) is 24.0 Å². The van der Waals surface area contributed by atoms with Gasteiger partial charge in [-0.05, 0) is 48.6 Å². The van der Waals surface area contributed by atoms with Crippen LogP contribution in [0.4, 0.5) is 4.39 Å². The van der Waals surface area contributed by atoms with Crippen molar-refractivity contribution >= 4 is 35.8 Å². The van der Waals surface area contributed by atoms with E-state index in [1.807, 2.05) is 0 Å². The molecule has 30 heavy (non-hydrogen) atoms. The zero-order chi connectivity index (χ0) is 20.6. The smallest absolute Gasteiger partial charge is 0.217 e. The summed E-state index contributed by atoms with van der Waals surface area (Å²) in [5, 5.41) is 3.27. The summed E-state index contributed by atoms with van der Waals surface area (Å²) in [5.41, 5.74) is 6.11. The Morgan fingerprint density at radius 1 is 1.43 bits per heavy atom. The average Bonchev–Trinajstić information content (AvgIpc) is 2.71. The molecule has 3 rings (SSSR count). The summed E-state index contributed by atoms with van der Waals surface area (Å²) in [4.78, 5) is 21.6. The number of aliphatic imine (C=N–C) groups is 1. The van der Waals surface area contributed by atoms with Gasteiger partial charge in [0.05, 0.1) is 6.20 Å². The Bertz CT molecular complexity index is 866. The molecular weight excluding hydrogens is 500 g/mol. The first-order valence-electron chi connectivity index (χ1n) is 9.65. The average molecular weight is 527 g/mol. The maximum atomic E-state index is 14.4. The number of primary amides is 1. The van der Waals surface area contributed by atoms with Crippen LogP contribution in [0, 0.1) is 11.7 Å². The predicted octanol–water partition coefficient (Wildman–Crippen LogP) is 3.29. The van der Waals surface area contributed by atoms with Gasteiger partial charge in [-0.1, -0.05) is 6.07 Å². The van der Waals surface area contributed by atoms with E-state index in [1.165, 1.54) is 12.3 Å². The molecule has 1 fully saturated rings. The minimum atomic E-state index is -0.442. The maximum absolute atomic E-state index is 14.4. The summed E-state index contributed by atoms with van der Waals surface area (Å²) < 4.78 is 19.9. The van der Waals surface area contributed by atoms with E-state index in [1.54, 1.807) is 37.5 Å². The van der Waals surface area contributed by atoms with Gasteiger partial charge in [0, 0.05) is 39.3 Å². The van der Waals surface area contributed by atoms with Crippen LogP contribution in [-0.4, -0.2) is 41.9 Å². The number of rotatable bonds is 6. The molecule has 1 saturated heterocycles. The van der Waals surface area contributed by atoms with E-state index in [2.05, 4.69) is 20.2 Å². The van der Waals surface area contributed by atoms with E-state index in [9.17, 15) is 9.18 Å². The van der Waals surface area contributed by atoms with E-state index in [0.717, 1.165) is 37.5 Å². The predicted molar refractivity (Wildman–Crippen MR) is 124 cm³/mol. The summed E-state index contributed by atoms with van der Waals surface area (Å²) in [6.07, 6.45) is 5.51. The molecule has 1 aromatic heterocycles. The van der Waals surface area contributed by atoms with Gasteiger partial charge in [0.15, 0.2) is 17.5 Å². The zero-order valence-corrected chi connectivity index (χ0v) is 19.2. The molecule has 9 heteroatoms. The number of ether oxygens (including phenoxy) is 1. The first-order chi connectivity index (χ1) is 14.0. The number of carbonyl (C=O) groups is 1. The fourth-order valence-corrected chi connectivity index (χ4v) is 3.49. The molecular formula is C21H27FIN5O2. The zero-order valence-electron chi connectivity index (χ0n) is 16.9. The number of hydrogen-bond donors (Lipinski definition) is 2. The monoisotopic (exact) mass is 527 g/mol. The molecule has 1 aliphatic rings. The van der Waals surface area contributed by atoms with Crippen molar-refractivity contribution in [1.29, 1.82) is 0 Å². The second-order valence-electron chi connectivity index (χ2n) is 7.08. The fourth-order valence-electron chi connectivity index (χ4n) is 3.49. The van der Waals surface area contributed by atoms with E-state index in [0.29, 0.717) is 18.7 Å². The van der Waals surface area contributed by atoms with Crippen molar-refractivity contribution < 1.29 is 13.9 Å². The van der Waals surface area contributed by atoms with Crippen molar-refractivity contribution in [2.24, 2.45) is 16.6 Å². The van der Waals surface area contributed by atoms with Gasteiger partial charge >= 0.3 is 0 Å². The number of hydrogen-bond acceptors (Lipinski definition) is 4. The van der Waals surface area contributed by atoms with E-state index in [4.69, 9.17) is 10.5 Å². The molecule has 1 amide bonds. The number of benzene rings is 1. The van der Waals surface area contributed by atoms with E-state index in [-0.39, 0.29) is 41.6 Å². The molecule has 0 bridgehead atoms. The number of piperidine rings is 1. The van der Waals surface area contributed by atoms with Crippen molar-refractivity contribution in [2.45, 2.75) is 25.8 Å². The highest BCUT2D eigenvalue weighted by atomic mass is 127. The third-order valence-corrected chi connectivity index (χ3v) is 4.83. The van der Waals surface area contributed by atoms with Crippen LogP contribution in [0.2, 0.25) is 0 Å². The van der Waals surface area contributed by atoms with Crippen LogP contribution in [0.1, 0.15) is 24.8 Å². The lowest BCUT2D eigenvalue weighted by Crippen LogP contribution is -2.46. The molecule has 162 valence electrons. The third kappa shape index (κ3) is 6.82. The molecule has 0 aliphatic carbocycles. The first-order valence-corrected chi connectivity index (χ1v) is 9.65. The highest BCUT2D eigenvalue weighted by molar-refractivity contribution is 14.0. The van der Waals surface area contributed by atoms with E-state index >= 15 is 0 Å². The van der Waals surface area contributed by atoms with Crippen molar-refractivity contribution in [1.82, 2.24) is 15.2 Å². The largest absolute Gasteiger partial charge is 0.453 e. The first kappa shape index (κ1) is 23.8. The summed E-state index contributed by atoms with van der Waals surface area (Å²) in [5.74, 6) is 0.882. The Labute approximate surface area is 192 Å². The van der Waals surface area contributed by atoms with Gasteiger partial charge in [-0.2, -0.15) is 0 Å². The lowest BCUT2D eigenvalue weighted by molar-refractivity contribution is -0.119. The Balaban J connectivity index is 0.00000320. The number of halogens is 2. The van der Waals surface area contributed by atoms with Crippen LogP contribution in [0.25, 0.3) is 0 Å². The topological polar surface area (TPSA) is 92.8 Å². The highest BCUT2D eigenvalue weighted by Crippen LogP contribution is 2.24. The van der Waals surface area contributed by atoms with Crippen LogP contribution in [0.15, 0.2) is 47.7 Å². The molecule has 0 radical (unpaired) electrons. The Hall–Kier alpha value is -2.43. The van der Waals surface area contributed by atoms with Crippen molar-refractivity contribution in [2.75, 3.05) is 20.1 Å². The van der Waals surface area contributed by atoms with Crippen LogP contribution < -0.4 is 15.8 Å². The van der Waals surface area contributed by atoms with Gasteiger partial charge in [0.2, 0.25) is 5.91 Å². The molecule has 7 nitrogen and oxygen atoms in total. The number of amides is 1. The second-order valence-corrected chi connectivity index (χ2v) is 7.08. The van der Waals surface area contributed by atoms with Crippen LogP contribution >= 0.6 is 24.0 Å². The van der Waals surface area contributed by atoms with Gasteiger partial charge in [-0.3, -0.25) is 14.8 Å². The Morgan fingerprint density at radius 3 is 2.93 bits per heavy atom. The SMILES string of the molecule is CN=C(NCc1ccc(Oc2cccnc2)c(F)c1)N1CCCC(CC(N)=O)C1.I. The maximum Gasteiger partial charge on any atom is 0.217 e. The van der Waals surface area contributed by atoms with Crippen LogP contribution in [0.3, 0.4) is 0 Å². The number of nitrogens with one attached hydrogen (secondary N) is 1. The molecule has 0 saturated carbocycles. The molecule has 1 aromatic carbocycles. The summed E-state index contributed by atoms with van der Waals surface area (Å²) in [6.45, 7) is 2.02. The molecule has 1 aliphatic heterocycles. The fraction of sp³-hybridized carbons (Fsp3) is 0.381. The van der Waals surface area contributed by atoms with Gasteiger partial charge in [0.25, 0.3) is 0 Å².